The highest BCUT2D eigenvalue weighted by Crippen LogP contribution is 2.23. The Bertz CT molecular complexity index is 454. The Kier molecular flexibility index (Phi) is 6.22. The molecule has 0 aromatic carbocycles. The summed E-state index contributed by atoms with van der Waals surface area (Å²) >= 11 is 1.29. The lowest BCUT2D eigenvalue weighted by Crippen LogP contribution is -2.31. The van der Waals surface area contributed by atoms with Crippen LogP contribution in [0.5, 0.6) is 0 Å². The highest BCUT2D eigenvalue weighted by Gasteiger charge is 2.32. The van der Waals surface area contributed by atoms with E-state index < -0.39 is 5.25 Å². The summed E-state index contributed by atoms with van der Waals surface area (Å²) in [5, 5.41) is 13.9. The van der Waals surface area contributed by atoms with E-state index in [9.17, 15) is 9.59 Å². The number of rotatable bonds is 5. The predicted octanol–water partition coefficient (Wildman–Crippen LogP) is 1.81. The zero-order chi connectivity index (χ0) is 15.1. The first-order chi connectivity index (χ1) is 10.2. The first-order valence-electron chi connectivity index (χ1n) is 7.56. The minimum atomic E-state index is -0.396. The molecule has 0 bridgehead atoms. The molecule has 116 valence electrons. The van der Waals surface area contributed by atoms with Gasteiger partial charge in [0.05, 0.1) is 0 Å². The Balaban J connectivity index is 1.85. The molecule has 1 saturated heterocycles. The first-order valence-corrected chi connectivity index (χ1v) is 8.44. The number of nitrogens with one attached hydrogen (secondary N) is 2. The van der Waals surface area contributed by atoms with Crippen LogP contribution in [-0.4, -0.2) is 34.5 Å². The Morgan fingerprint density at radius 1 is 1.33 bits per heavy atom. The summed E-state index contributed by atoms with van der Waals surface area (Å²) in [5.41, 5.74) is 1.10. The van der Waals surface area contributed by atoms with Gasteiger partial charge in [0.1, 0.15) is 5.25 Å². The first kappa shape index (κ1) is 16.0. The average Bonchev–Trinajstić information content (AvgIpc) is 2.84. The largest absolute Gasteiger partial charge is 0.356 e. The van der Waals surface area contributed by atoms with Crippen molar-refractivity contribution >= 4 is 34.5 Å². The molecule has 2 aliphatic rings. The molecule has 1 atom stereocenters. The van der Waals surface area contributed by atoms with Gasteiger partial charge in [0.15, 0.2) is 5.17 Å². The number of hydrogen-bond donors (Lipinski definition) is 2. The van der Waals surface area contributed by atoms with Crippen molar-refractivity contribution in [3.63, 3.8) is 0 Å². The van der Waals surface area contributed by atoms with Gasteiger partial charge in [0.2, 0.25) is 11.8 Å². The van der Waals surface area contributed by atoms with Gasteiger partial charge in [-0.15, -0.1) is 5.10 Å². The fraction of sp³-hybridized carbons (Fsp3) is 0.714. The van der Waals surface area contributed by atoms with Crippen molar-refractivity contribution in [3.8, 4) is 0 Å². The smallest absolute Gasteiger partial charge is 0.240 e. The molecule has 1 aliphatic heterocycles. The van der Waals surface area contributed by atoms with Crippen LogP contribution in [0.1, 0.15) is 51.9 Å². The van der Waals surface area contributed by atoms with Crippen molar-refractivity contribution in [3.05, 3.63) is 0 Å². The van der Waals surface area contributed by atoms with E-state index >= 15 is 0 Å². The average molecular weight is 310 g/mol. The second-order valence-corrected chi connectivity index (χ2v) is 6.47. The van der Waals surface area contributed by atoms with E-state index in [1.807, 2.05) is 6.92 Å². The van der Waals surface area contributed by atoms with Gasteiger partial charge in [-0.1, -0.05) is 25.1 Å². The normalized spacial score (nSPS) is 24.0. The summed E-state index contributed by atoms with van der Waals surface area (Å²) < 4.78 is 0. The number of nitrogens with zero attached hydrogens (tertiary/aromatic N) is 2. The highest BCUT2D eigenvalue weighted by atomic mass is 32.2. The number of carbonyl (C=O) groups excluding carboxylic acids is 2. The molecule has 7 heteroatoms. The molecule has 2 fully saturated rings. The fourth-order valence-corrected chi connectivity index (χ4v) is 3.19. The summed E-state index contributed by atoms with van der Waals surface area (Å²) in [5.74, 6) is -0.251. The molecule has 6 nitrogen and oxygen atoms in total. The van der Waals surface area contributed by atoms with E-state index in [1.165, 1.54) is 31.0 Å². The molecule has 2 amide bonds. The molecule has 2 N–H and O–H groups in total. The summed E-state index contributed by atoms with van der Waals surface area (Å²) in [6.07, 6.45) is 6.67. The predicted molar refractivity (Wildman–Crippen MR) is 85.4 cm³/mol. The van der Waals surface area contributed by atoms with Gasteiger partial charge in [-0.25, -0.2) is 0 Å². The molecule has 1 unspecified atom stereocenters. The molecule has 1 saturated carbocycles. The number of carbonyl (C=O) groups is 2. The van der Waals surface area contributed by atoms with Gasteiger partial charge in [-0.05, 0) is 32.1 Å². The van der Waals surface area contributed by atoms with Crippen LogP contribution in [0, 0.1) is 0 Å². The van der Waals surface area contributed by atoms with Crippen molar-refractivity contribution in [2.24, 2.45) is 10.2 Å². The molecule has 1 aliphatic carbocycles. The summed E-state index contributed by atoms with van der Waals surface area (Å²) in [6.45, 7) is 2.64. The van der Waals surface area contributed by atoms with E-state index in [2.05, 4.69) is 20.8 Å². The van der Waals surface area contributed by atoms with E-state index in [1.54, 1.807) is 0 Å². The van der Waals surface area contributed by atoms with Gasteiger partial charge in [0.25, 0.3) is 0 Å². The van der Waals surface area contributed by atoms with Crippen molar-refractivity contribution in [2.45, 2.75) is 57.1 Å². The van der Waals surface area contributed by atoms with Crippen LogP contribution in [0.2, 0.25) is 0 Å². The van der Waals surface area contributed by atoms with Crippen molar-refractivity contribution < 1.29 is 9.59 Å². The number of thioether (sulfide) groups is 1. The van der Waals surface area contributed by atoms with Crippen LogP contribution < -0.4 is 10.6 Å². The molecule has 2 rings (SSSR count). The number of amidine groups is 1. The fourth-order valence-electron chi connectivity index (χ4n) is 2.27. The number of hydrogen-bond acceptors (Lipinski definition) is 5. The molecule has 0 aromatic heterocycles. The van der Waals surface area contributed by atoms with E-state index in [0.29, 0.717) is 11.7 Å². The highest BCUT2D eigenvalue weighted by molar-refractivity contribution is 8.15. The minimum Gasteiger partial charge on any atom is -0.356 e. The molecule has 1 heterocycles. The minimum absolute atomic E-state index is 0.0932. The quantitative estimate of drug-likeness (QED) is 0.760. The lowest BCUT2D eigenvalue weighted by Gasteiger charge is -2.10. The van der Waals surface area contributed by atoms with Gasteiger partial charge >= 0.3 is 0 Å². The Hall–Kier alpha value is -1.37. The molecular formula is C14H22N4O2S. The van der Waals surface area contributed by atoms with Gasteiger partial charge in [0, 0.05) is 18.7 Å². The van der Waals surface area contributed by atoms with Crippen molar-refractivity contribution in [1.29, 1.82) is 0 Å². The maximum atomic E-state index is 11.8. The third kappa shape index (κ3) is 5.15. The van der Waals surface area contributed by atoms with Gasteiger partial charge in [-0.3, -0.25) is 9.59 Å². The van der Waals surface area contributed by atoms with Gasteiger partial charge in [-0.2, -0.15) is 5.10 Å². The molecule has 0 aromatic rings. The van der Waals surface area contributed by atoms with Crippen molar-refractivity contribution in [1.82, 2.24) is 10.6 Å². The topological polar surface area (TPSA) is 82.9 Å². The van der Waals surface area contributed by atoms with E-state index in [0.717, 1.165) is 25.0 Å². The molecular weight excluding hydrogens is 288 g/mol. The second-order valence-electron chi connectivity index (χ2n) is 5.28. The third-order valence-corrected chi connectivity index (χ3v) is 4.50. The lowest BCUT2D eigenvalue weighted by atomic mass is 9.99. The standard InChI is InChI=1S/C14H22N4O2S/c1-2-8-15-12(19)9-11-13(20)16-14(21-11)18-17-10-6-4-3-5-7-10/h11H,2-9H2,1H3,(H,15,19)(H,16,18,20). The molecule has 0 spiro atoms. The van der Waals surface area contributed by atoms with Crippen molar-refractivity contribution in [2.75, 3.05) is 6.54 Å². The Morgan fingerprint density at radius 3 is 2.81 bits per heavy atom. The lowest BCUT2D eigenvalue weighted by molar-refractivity contribution is -0.125. The summed E-state index contributed by atoms with van der Waals surface area (Å²) in [7, 11) is 0. The van der Waals surface area contributed by atoms with Crippen LogP contribution >= 0.6 is 11.8 Å². The van der Waals surface area contributed by atoms with E-state index in [-0.39, 0.29) is 18.2 Å². The SMILES string of the molecule is CCCNC(=O)CC1S/C(=N\N=C2CCCCC2)NC1=O. The maximum Gasteiger partial charge on any atom is 0.240 e. The zero-order valence-corrected chi connectivity index (χ0v) is 13.2. The van der Waals surface area contributed by atoms with Crippen LogP contribution in [0.15, 0.2) is 10.2 Å². The van der Waals surface area contributed by atoms with Crippen LogP contribution in [0.25, 0.3) is 0 Å². The maximum absolute atomic E-state index is 11.8. The third-order valence-electron chi connectivity index (χ3n) is 3.43. The van der Waals surface area contributed by atoms with E-state index in [4.69, 9.17) is 0 Å². The van der Waals surface area contributed by atoms with Crippen LogP contribution in [0.4, 0.5) is 0 Å². The van der Waals surface area contributed by atoms with Crippen LogP contribution in [0.3, 0.4) is 0 Å². The second kappa shape index (κ2) is 8.17. The molecule has 0 radical (unpaired) electrons. The van der Waals surface area contributed by atoms with Gasteiger partial charge < -0.3 is 10.6 Å². The Morgan fingerprint density at radius 2 is 2.10 bits per heavy atom. The van der Waals surface area contributed by atoms with Crippen LogP contribution in [-0.2, 0) is 9.59 Å². The monoisotopic (exact) mass is 310 g/mol. The summed E-state index contributed by atoms with van der Waals surface area (Å²) in [4.78, 5) is 23.4. The zero-order valence-electron chi connectivity index (χ0n) is 12.4. The Labute approximate surface area is 129 Å². The number of amides is 2. The summed E-state index contributed by atoms with van der Waals surface area (Å²) in [6, 6.07) is 0. The molecule has 21 heavy (non-hydrogen) atoms.